The molecule has 0 amide bonds. The third-order valence-corrected chi connectivity index (χ3v) is 2.55. The molecule has 1 aliphatic rings. The van der Waals surface area contributed by atoms with Crippen LogP contribution in [-0.4, -0.2) is 4.57 Å². The molecule has 2 aromatic heterocycles. The maximum absolute atomic E-state index is 2.25. The average Bonchev–Trinajstić information content (AvgIpc) is 2.66. The topological polar surface area (TPSA) is 12.7 Å². The maximum atomic E-state index is 2.25. The van der Waals surface area contributed by atoms with Crippen molar-refractivity contribution in [1.82, 2.24) is 4.57 Å². The number of aryl methyl sites for hydroxylation is 1. The monoisotopic (exact) mass is 173 g/mol. The Bertz CT molecular complexity index is 471. The molecule has 0 N–H and O–H groups in total. The average molecular weight is 173 g/mol. The highest BCUT2D eigenvalue weighted by Gasteiger charge is 2.34. The van der Waals surface area contributed by atoms with Crippen molar-refractivity contribution in [1.29, 1.82) is 0 Å². The van der Waals surface area contributed by atoms with Crippen molar-refractivity contribution in [3.05, 3.63) is 36.8 Å². The van der Waals surface area contributed by atoms with Gasteiger partial charge in [-0.25, -0.2) is 4.57 Å². The van der Waals surface area contributed by atoms with Crippen LogP contribution in [0.2, 0.25) is 0 Å². The third kappa shape index (κ3) is 0.786. The molecule has 0 aliphatic carbocycles. The quantitative estimate of drug-likeness (QED) is 0.427. The van der Waals surface area contributed by atoms with Crippen LogP contribution in [0, 0.1) is 0 Å². The van der Waals surface area contributed by atoms with Crippen LogP contribution >= 0.6 is 0 Å². The zero-order valence-corrected chi connectivity index (χ0v) is 7.51. The van der Waals surface area contributed by atoms with Crippen LogP contribution in [0.15, 0.2) is 36.8 Å². The summed E-state index contributed by atoms with van der Waals surface area (Å²) in [6.07, 6.45) is 6.32. The Morgan fingerprint density at radius 3 is 3.15 bits per heavy atom. The molecule has 0 unspecified atom stereocenters. The van der Waals surface area contributed by atoms with E-state index in [1.807, 2.05) is 0 Å². The van der Waals surface area contributed by atoms with E-state index in [0.29, 0.717) is 0 Å². The first kappa shape index (κ1) is 6.83. The van der Waals surface area contributed by atoms with Crippen LogP contribution in [0.25, 0.3) is 11.5 Å². The van der Waals surface area contributed by atoms with Crippen LogP contribution < -0.4 is 9.13 Å². The SMILES string of the molecule is C[n+]1ccn2c1-c1cccc[n+]1C2. The second-order valence-corrected chi connectivity index (χ2v) is 3.40. The van der Waals surface area contributed by atoms with E-state index in [2.05, 4.69) is 57.5 Å². The molecule has 0 saturated heterocycles. The Balaban J connectivity index is 2.35. The van der Waals surface area contributed by atoms with E-state index < -0.39 is 0 Å². The fourth-order valence-corrected chi connectivity index (χ4v) is 1.93. The fraction of sp³-hybridized carbons (Fsp3) is 0.200. The molecular weight excluding hydrogens is 162 g/mol. The van der Waals surface area contributed by atoms with Gasteiger partial charge in [0.15, 0.2) is 6.20 Å². The number of rotatable bonds is 0. The summed E-state index contributed by atoms with van der Waals surface area (Å²) in [6.45, 7) is 0.937. The van der Waals surface area contributed by atoms with Gasteiger partial charge in [0, 0.05) is 12.1 Å². The number of aromatic nitrogens is 3. The Labute approximate surface area is 76.5 Å². The molecule has 0 aromatic carbocycles. The molecule has 1 aliphatic heterocycles. The van der Waals surface area contributed by atoms with Gasteiger partial charge in [0.25, 0.3) is 12.4 Å². The lowest BCUT2D eigenvalue weighted by Gasteiger charge is -1.87. The summed E-state index contributed by atoms with van der Waals surface area (Å²) >= 11 is 0. The predicted octanol–water partition coefficient (Wildman–Crippen LogP) is 0.0863. The van der Waals surface area contributed by atoms with Gasteiger partial charge in [-0.1, -0.05) is 0 Å². The van der Waals surface area contributed by atoms with E-state index in [1.165, 1.54) is 11.5 Å². The van der Waals surface area contributed by atoms with E-state index in [9.17, 15) is 0 Å². The fourth-order valence-electron chi connectivity index (χ4n) is 1.93. The zero-order chi connectivity index (χ0) is 8.84. The molecule has 0 radical (unpaired) electrons. The second-order valence-electron chi connectivity index (χ2n) is 3.40. The zero-order valence-electron chi connectivity index (χ0n) is 7.51. The largest absolute Gasteiger partial charge is 0.359 e. The van der Waals surface area contributed by atoms with Crippen LogP contribution in [-0.2, 0) is 13.7 Å². The van der Waals surface area contributed by atoms with E-state index in [-0.39, 0.29) is 0 Å². The van der Waals surface area contributed by atoms with E-state index in [0.717, 1.165) is 6.67 Å². The van der Waals surface area contributed by atoms with E-state index in [4.69, 9.17) is 0 Å². The van der Waals surface area contributed by atoms with Crippen molar-refractivity contribution < 1.29 is 9.13 Å². The van der Waals surface area contributed by atoms with Crippen LogP contribution in [0.3, 0.4) is 0 Å². The highest BCUT2D eigenvalue weighted by Crippen LogP contribution is 2.15. The van der Waals surface area contributed by atoms with Crippen molar-refractivity contribution in [2.75, 3.05) is 0 Å². The van der Waals surface area contributed by atoms with Gasteiger partial charge in [0.05, 0.1) is 7.05 Å². The van der Waals surface area contributed by atoms with Gasteiger partial charge in [0.2, 0.25) is 0 Å². The molecule has 3 nitrogen and oxygen atoms in total. The van der Waals surface area contributed by atoms with Gasteiger partial charge < -0.3 is 0 Å². The highest BCUT2D eigenvalue weighted by atomic mass is 15.3. The minimum Gasteiger partial charge on any atom is -0.227 e. The van der Waals surface area contributed by atoms with Gasteiger partial charge in [-0.3, -0.25) is 0 Å². The number of fused-ring (bicyclic) bond motifs is 3. The van der Waals surface area contributed by atoms with Gasteiger partial charge in [-0.15, -0.1) is 0 Å². The molecule has 0 bridgehead atoms. The number of hydrogen-bond donors (Lipinski definition) is 0. The molecule has 2 aromatic rings. The predicted molar refractivity (Wildman–Crippen MR) is 46.6 cm³/mol. The Hall–Kier alpha value is -1.64. The summed E-state index contributed by atoms with van der Waals surface area (Å²) in [5, 5.41) is 0. The lowest BCUT2D eigenvalue weighted by atomic mass is 10.3. The van der Waals surface area contributed by atoms with Crippen molar-refractivity contribution >= 4 is 0 Å². The molecule has 0 saturated carbocycles. The highest BCUT2D eigenvalue weighted by molar-refractivity contribution is 5.42. The van der Waals surface area contributed by atoms with Gasteiger partial charge in [-0.2, -0.15) is 9.13 Å². The lowest BCUT2D eigenvalue weighted by molar-refractivity contribution is -0.691. The molecule has 13 heavy (non-hydrogen) atoms. The molecule has 3 heterocycles. The third-order valence-electron chi connectivity index (χ3n) is 2.55. The molecule has 0 spiro atoms. The standard InChI is InChI=1S/C10H11N3/c1-11-6-7-13-8-12-5-3-2-4-9(12)10(11)13/h2-7H,8H2,1H3/q+2. The number of pyridine rings is 1. The second kappa shape index (κ2) is 2.19. The van der Waals surface area contributed by atoms with Crippen molar-refractivity contribution in [2.24, 2.45) is 7.05 Å². The van der Waals surface area contributed by atoms with Crippen LogP contribution in [0.1, 0.15) is 0 Å². The Morgan fingerprint density at radius 1 is 1.31 bits per heavy atom. The summed E-state index contributed by atoms with van der Waals surface area (Å²) in [4.78, 5) is 0. The Morgan fingerprint density at radius 2 is 2.23 bits per heavy atom. The van der Waals surface area contributed by atoms with Crippen LogP contribution in [0.5, 0.6) is 0 Å². The van der Waals surface area contributed by atoms with E-state index in [1.54, 1.807) is 0 Å². The maximum Gasteiger partial charge on any atom is 0.359 e. The minimum atomic E-state index is 0.937. The summed E-state index contributed by atoms with van der Waals surface area (Å²) < 4.78 is 6.64. The van der Waals surface area contributed by atoms with E-state index >= 15 is 0 Å². The Kier molecular flexibility index (Phi) is 1.15. The summed E-state index contributed by atoms with van der Waals surface area (Å²) in [7, 11) is 2.08. The van der Waals surface area contributed by atoms with Gasteiger partial charge >= 0.3 is 5.82 Å². The first-order chi connectivity index (χ1) is 6.36. The normalized spacial score (nSPS) is 12.7. The molecule has 0 atom stereocenters. The lowest BCUT2D eigenvalue weighted by Crippen LogP contribution is -2.34. The molecular formula is C10H11N3+2. The van der Waals surface area contributed by atoms with Crippen molar-refractivity contribution in [3.8, 4) is 11.5 Å². The molecule has 3 heteroatoms. The molecule has 3 rings (SSSR count). The van der Waals surface area contributed by atoms with Crippen molar-refractivity contribution in [3.63, 3.8) is 0 Å². The smallest absolute Gasteiger partial charge is 0.227 e. The van der Waals surface area contributed by atoms with Crippen LogP contribution in [0.4, 0.5) is 0 Å². The number of nitrogens with zero attached hydrogens (tertiary/aromatic N) is 3. The first-order valence-electron chi connectivity index (χ1n) is 4.40. The molecule has 0 fully saturated rings. The summed E-state index contributed by atoms with van der Waals surface area (Å²) in [6, 6.07) is 6.29. The summed E-state index contributed by atoms with van der Waals surface area (Å²) in [5.41, 5.74) is 1.29. The van der Waals surface area contributed by atoms with Crippen molar-refractivity contribution in [2.45, 2.75) is 6.67 Å². The number of hydrogen-bond acceptors (Lipinski definition) is 0. The molecule has 64 valence electrons. The van der Waals surface area contributed by atoms with Gasteiger partial charge in [0.1, 0.15) is 12.4 Å². The number of imidazole rings is 1. The minimum absolute atomic E-state index is 0.937. The van der Waals surface area contributed by atoms with Gasteiger partial charge in [-0.05, 0) is 6.07 Å². The summed E-state index contributed by atoms with van der Waals surface area (Å²) in [5.74, 6) is 1.28. The first-order valence-corrected chi connectivity index (χ1v) is 4.40.